The number of rotatable bonds is 4. The predicted octanol–water partition coefficient (Wildman–Crippen LogP) is 2.76. The van der Waals surface area contributed by atoms with Crippen molar-refractivity contribution < 1.29 is 9.53 Å². The first kappa shape index (κ1) is 16.1. The molecule has 1 amide bonds. The third-order valence-electron chi connectivity index (χ3n) is 4.48. The van der Waals surface area contributed by atoms with E-state index in [2.05, 4.69) is 9.97 Å². The first-order chi connectivity index (χ1) is 11.6. The molecule has 0 aliphatic carbocycles. The van der Waals surface area contributed by atoms with E-state index in [1.807, 2.05) is 47.2 Å². The minimum Gasteiger partial charge on any atom is -0.371 e. The molecule has 2 aromatic heterocycles. The van der Waals surface area contributed by atoms with Gasteiger partial charge in [-0.25, -0.2) is 4.98 Å². The van der Waals surface area contributed by atoms with Crippen LogP contribution in [0, 0.1) is 6.92 Å². The number of amides is 1. The maximum Gasteiger partial charge on any atom is 0.273 e. The van der Waals surface area contributed by atoms with Gasteiger partial charge in [0, 0.05) is 29.9 Å². The zero-order valence-electron chi connectivity index (χ0n) is 13.5. The minimum atomic E-state index is 0.0517. The molecule has 2 fully saturated rings. The van der Waals surface area contributed by atoms with Crippen molar-refractivity contribution in [3.63, 3.8) is 0 Å². The highest BCUT2D eigenvalue weighted by Gasteiger charge is 2.51. The van der Waals surface area contributed by atoms with E-state index in [0.717, 1.165) is 36.7 Å². The number of thioether (sulfide) groups is 1. The van der Waals surface area contributed by atoms with Crippen LogP contribution in [0.4, 0.5) is 0 Å². The van der Waals surface area contributed by atoms with Gasteiger partial charge in [-0.15, -0.1) is 23.1 Å². The number of carbonyl (C=O) groups excluding carboxylic acids is 1. The van der Waals surface area contributed by atoms with Crippen LogP contribution >= 0.6 is 23.1 Å². The standard InChI is InChI=1S/C17H19N3O2S2/c1-12-3-2-4-13(19-12)6-22-14-5-17(24-7-14)9-20(10-17)16(21)15-8-23-11-18-15/h2-4,8,11,14H,5-7,9-10H2,1H3/t14-/m1/s1. The largest absolute Gasteiger partial charge is 0.371 e. The summed E-state index contributed by atoms with van der Waals surface area (Å²) in [5.74, 6) is 1.04. The van der Waals surface area contributed by atoms with Crippen molar-refractivity contribution in [2.24, 2.45) is 0 Å². The normalized spacial score (nSPS) is 21.9. The summed E-state index contributed by atoms with van der Waals surface area (Å²) in [6.45, 7) is 4.16. The van der Waals surface area contributed by atoms with E-state index >= 15 is 0 Å². The van der Waals surface area contributed by atoms with Crippen molar-refractivity contribution in [2.75, 3.05) is 18.8 Å². The lowest BCUT2D eigenvalue weighted by Gasteiger charge is -2.47. The molecular weight excluding hydrogens is 342 g/mol. The molecule has 0 aromatic carbocycles. The number of aryl methyl sites for hydroxylation is 1. The second-order valence-electron chi connectivity index (χ2n) is 6.44. The molecular formula is C17H19N3O2S2. The molecule has 2 aliphatic rings. The molecule has 5 nitrogen and oxygen atoms in total. The third kappa shape index (κ3) is 3.20. The third-order valence-corrected chi connectivity index (χ3v) is 6.65. The maximum atomic E-state index is 12.3. The van der Waals surface area contributed by atoms with Gasteiger partial charge in [0.15, 0.2) is 0 Å². The van der Waals surface area contributed by atoms with Crippen LogP contribution in [-0.2, 0) is 11.3 Å². The highest BCUT2D eigenvalue weighted by Crippen LogP contribution is 2.46. The van der Waals surface area contributed by atoms with E-state index in [9.17, 15) is 4.79 Å². The van der Waals surface area contributed by atoms with Crippen LogP contribution in [0.25, 0.3) is 0 Å². The van der Waals surface area contributed by atoms with Crippen LogP contribution in [0.1, 0.15) is 28.3 Å². The van der Waals surface area contributed by atoms with E-state index in [1.165, 1.54) is 11.3 Å². The number of pyridine rings is 1. The fourth-order valence-corrected chi connectivity index (χ4v) is 5.36. The molecule has 0 saturated carbocycles. The van der Waals surface area contributed by atoms with E-state index in [0.29, 0.717) is 12.3 Å². The Labute approximate surface area is 149 Å². The first-order valence-electron chi connectivity index (χ1n) is 7.99. The summed E-state index contributed by atoms with van der Waals surface area (Å²) in [5, 5.41) is 1.82. The predicted molar refractivity (Wildman–Crippen MR) is 95.4 cm³/mol. The number of hydrogen-bond donors (Lipinski definition) is 0. The zero-order valence-corrected chi connectivity index (χ0v) is 15.1. The second-order valence-corrected chi connectivity index (χ2v) is 8.64. The van der Waals surface area contributed by atoms with Crippen molar-refractivity contribution in [1.82, 2.24) is 14.9 Å². The van der Waals surface area contributed by atoms with Gasteiger partial charge in [-0.2, -0.15) is 0 Å². The van der Waals surface area contributed by atoms with Crippen LogP contribution in [0.2, 0.25) is 0 Å². The summed E-state index contributed by atoms with van der Waals surface area (Å²) in [4.78, 5) is 22.8. The molecule has 1 spiro atoms. The topological polar surface area (TPSA) is 55.3 Å². The Morgan fingerprint density at radius 1 is 1.46 bits per heavy atom. The Balaban J connectivity index is 1.28. The Morgan fingerprint density at radius 3 is 3.08 bits per heavy atom. The van der Waals surface area contributed by atoms with Crippen LogP contribution < -0.4 is 0 Å². The number of aromatic nitrogens is 2. The molecule has 0 bridgehead atoms. The van der Waals surface area contributed by atoms with Crippen LogP contribution in [0.15, 0.2) is 29.1 Å². The molecule has 0 unspecified atom stereocenters. The summed E-state index contributed by atoms with van der Waals surface area (Å²) in [7, 11) is 0. The fraction of sp³-hybridized carbons (Fsp3) is 0.471. The number of nitrogens with zero attached hydrogens (tertiary/aromatic N) is 3. The summed E-state index contributed by atoms with van der Waals surface area (Å²) in [5.41, 5.74) is 4.27. The average Bonchev–Trinajstić information content (AvgIpc) is 3.21. The Hall–Kier alpha value is -1.44. The van der Waals surface area contributed by atoms with Crippen molar-refractivity contribution in [3.05, 3.63) is 46.2 Å². The molecule has 2 saturated heterocycles. The highest BCUT2D eigenvalue weighted by atomic mass is 32.2. The van der Waals surface area contributed by atoms with Crippen molar-refractivity contribution >= 4 is 29.0 Å². The second kappa shape index (κ2) is 6.46. The molecule has 126 valence electrons. The van der Waals surface area contributed by atoms with Gasteiger partial charge >= 0.3 is 0 Å². The number of likely N-dealkylation sites (tertiary alicyclic amines) is 1. The van der Waals surface area contributed by atoms with E-state index in [-0.39, 0.29) is 16.8 Å². The van der Waals surface area contributed by atoms with Crippen LogP contribution in [0.5, 0.6) is 0 Å². The van der Waals surface area contributed by atoms with Gasteiger partial charge < -0.3 is 9.64 Å². The molecule has 24 heavy (non-hydrogen) atoms. The molecule has 0 N–H and O–H groups in total. The Kier molecular flexibility index (Phi) is 4.32. The average molecular weight is 361 g/mol. The fourth-order valence-electron chi connectivity index (χ4n) is 3.29. The summed E-state index contributed by atoms with van der Waals surface area (Å²) in [6.07, 6.45) is 1.25. The van der Waals surface area contributed by atoms with Crippen LogP contribution in [0.3, 0.4) is 0 Å². The highest BCUT2D eigenvalue weighted by molar-refractivity contribution is 8.01. The Morgan fingerprint density at radius 2 is 2.33 bits per heavy atom. The summed E-state index contributed by atoms with van der Waals surface area (Å²) in [6, 6.07) is 6.01. The molecule has 2 aromatic rings. The van der Waals surface area contributed by atoms with Gasteiger partial charge in [0.1, 0.15) is 5.69 Å². The lowest BCUT2D eigenvalue weighted by Crippen LogP contribution is -2.60. The van der Waals surface area contributed by atoms with Crippen LogP contribution in [-0.4, -0.2) is 50.5 Å². The van der Waals surface area contributed by atoms with Crippen molar-refractivity contribution in [2.45, 2.75) is 30.8 Å². The number of carbonyl (C=O) groups is 1. The summed E-state index contributed by atoms with van der Waals surface area (Å²) >= 11 is 3.40. The van der Waals surface area contributed by atoms with E-state index in [1.54, 1.807) is 5.51 Å². The smallest absolute Gasteiger partial charge is 0.273 e. The number of hydrogen-bond acceptors (Lipinski definition) is 6. The van der Waals surface area contributed by atoms with E-state index in [4.69, 9.17) is 4.74 Å². The van der Waals surface area contributed by atoms with Gasteiger partial charge in [-0.1, -0.05) is 6.07 Å². The Bertz CT molecular complexity index is 729. The van der Waals surface area contributed by atoms with Gasteiger partial charge in [0.05, 0.1) is 28.7 Å². The molecule has 4 rings (SSSR count). The maximum absolute atomic E-state index is 12.3. The van der Waals surface area contributed by atoms with Gasteiger partial charge in [-0.05, 0) is 25.5 Å². The van der Waals surface area contributed by atoms with Gasteiger partial charge in [0.2, 0.25) is 0 Å². The molecule has 2 aliphatic heterocycles. The van der Waals surface area contributed by atoms with Gasteiger partial charge in [-0.3, -0.25) is 9.78 Å². The lowest BCUT2D eigenvalue weighted by atomic mass is 9.92. The quantitative estimate of drug-likeness (QED) is 0.838. The van der Waals surface area contributed by atoms with Crippen molar-refractivity contribution in [3.8, 4) is 0 Å². The summed E-state index contributed by atoms with van der Waals surface area (Å²) < 4.78 is 6.22. The lowest BCUT2D eigenvalue weighted by molar-refractivity contribution is 0.0243. The van der Waals surface area contributed by atoms with Gasteiger partial charge in [0.25, 0.3) is 5.91 Å². The van der Waals surface area contributed by atoms with Crippen molar-refractivity contribution in [1.29, 1.82) is 0 Å². The monoisotopic (exact) mass is 361 g/mol. The molecule has 1 atom stereocenters. The molecule has 4 heterocycles. The SMILES string of the molecule is Cc1cccc(CO[C@H]2CSC3(C2)CN(C(=O)c2cscn2)C3)n1. The van der Waals surface area contributed by atoms with E-state index < -0.39 is 0 Å². The number of ether oxygens (including phenoxy) is 1. The zero-order chi connectivity index (χ0) is 16.6. The number of thiazole rings is 1. The minimum absolute atomic E-state index is 0.0517. The molecule has 0 radical (unpaired) electrons. The first-order valence-corrected chi connectivity index (χ1v) is 9.92. The molecule has 7 heteroatoms.